The Bertz CT molecular complexity index is 583. The molecule has 0 aromatic heterocycles. The highest BCUT2D eigenvalue weighted by molar-refractivity contribution is 5.68. The number of carbonyl (C=O) groups is 1. The largest absolute Gasteiger partial charge is 0.444 e. The van der Waals surface area contributed by atoms with Crippen molar-refractivity contribution in [2.24, 2.45) is 0 Å². The first kappa shape index (κ1) is 17.2. The number of carbonyl (C=O) groups excluding carboxylic acids is 1. The van der Waals surface area contributed by atoms with E-state index in [1.807, 2.05) is 20.8 Å². The molecular weight excluding hydrogens is 298 g/mol. The lowest BCUT2D eigenvalue weighted by Gasteiger charge is -2.22. The number of para-hydroxylation sites is 1. The Kier molecular flexibility index (Phi) is 5.20. The van der Waals surface area contributed by atoms with Gasteiger partial charge in [0.05, 0.1) is 4.92 Å². The molecule has 23 heavy (non-hydrogen) atoms. The third-order valence-electron chi connectivity index (χ3n) is 3.58. The third kappa shape index (κ3) is 5.21. The SMILES string of the molecule is CC(C)(C)OC(=O)NC1CCN(Cc2ccccc2[N+](=O)[O-])C1. The highest BCUT2D eigenvalue weighted by Crippen LogP contribution is 2.22. The van der Waals surface area contributed by atoms with Crippen LogP contribution in [-0.2, 0) is 11.3 Å². The van der Waals surface area contributed by atoms with E-state index < -0.39 is 11.7 Å². The number of nitro groups is 1. The first-order chi connectivity index (χ1) is 10.7. The lowest BCUT2D eigenvalue weighted by Crippen LogP contribution is -2.40. The Morgan fingerprint density at radius 1 is 1.43 bits per heavy atom. The van der Waals surface area contributed by atoms with Crippen LogP contribution in [0, 0.1) is 10.1 Å². The summed E-state index contributed by atoms with van der Waals surface area (Å²) < 4.78 is 5.25. The number of benzene rings is 1. The van der Waals surface area contributed by atoms with Gasteiger partial charge in [-0.1, -0.05) is 18.2 Å². The van der Waals surface area contributed by atoms with Crippen LogP contribution < -0.4 is 5.32 Å². The van der Waals surface area contributed by atoms with Gasteiger partial charge in [-0.2, -0.15) is 0 Å². The molecule has 1 aliphatic heterocycles. The summed E-state index contributed by atoms with van der Waals surface area (Å²) in [6.45, 7) is 7.41. The van der Waals surface area contributed by atoms with Crippen LogP contribution in [0.1, 0.15) is 32.8 Å². The van der Waals surface area contributed by atoms with Crippen LogP contribution in [-0.4, -0.2) is 40.6 Å². The van der Waals surface area contributed by atoms with Gasteiger partial charge in [0.2, 0.25) is 0 Å². The van der Waals surface area contributed by atoms with Crippen LogP contribution in [0.15, 0.2) is 24.3 Å². The molecule has 7 heteroatoms. The maximum atomic E-state index is 11.8. The fraction of sp³-hybridized carbons (Fsp3) is 0.562. The number of ether oxygens (including phenoxy) is 1. The van der Waals surface area contributed by atoms with E-state index in [1.165, 1.54) is 6.07 Å². The molecule has 1 atom stereocenters. The molecule has 1 N–H and O–H groups in total. The molecule has 0 saturated carbocycles. The molecular formula is C16H23N3O4. The van der Waals surface area contributed by atoms with E-state index in [2.05, 4.69) is 10.2 Å². The molecule has 1 unspecified atom stereocenters. The second-order valence-corrected chi connectivity index (χ2v) is 6.75. The Labute approximate surface area is 135 Å². The van der Waals surface area contributed by atoms with Gasteiger partial charge in [0, 0.05) is 37.3 Å². The number of alkyl carbamates (subject to hydrolysis) is 1. The normalized spacial score (nSPS) is 18.7. The summed E-state index contributed by atoms with van der Waals surface area (Å²) in [5, 5.41) is 13.9. The van der Waals surface area contributed by atoms with Gasteiger partial charge in [-0.15, -0.1) is 0 Å². The molecule has 1 aromatic carbocycles. The molecule has 1 aliphatic rings. The van der Waals surface area contributed by atoms with Crippen molar-refractivity contribution in [1.29, 1.82) is 0 Å². The highest BCUT2D eigenvalue weighted by Gasteiger charge is 2.27. The molecule has 0 radical (unpaired) electrons. The summed E-state index contributed by atoms with van der Waals surface area (Å²) in [5.41, 5.74) is 0.305. The number of hydrogen-bond donors (Lipinski definition) is 1. The average molecular weight is 321 g/mol. The van der Waals surface area contributed by atoms with Crippen molar-refractivity contribution in [3.63, 3.8) is 0 Å². The maximum Gasteiger partial charge on any atom is 0.407 e. The lowest BCUT2D eigenvalue weighted by atomic mass is 10.1. The van der Waals surface area contributed by atoms with Crippen LogP contribution in [0.2, 0.25) is 0 Å². The number of rotatable bonds is 4. The molecule has 126 valence electrons. The number of nitrogens with zero attached hydrogens (tertiary/aromatic N) is 2. The average Bonchev–Trinajstić information content (AvgIpc) is 2.84. The van der Waals surface area contributed by atoms with Gasteiger partial charge >= 0.3 is 6.09 Å². The van der Waals surface area contributed by atoms with Gasteiger partial charge in [-0.3, -0.25) is 15.0 Å². The minimum atomic E-state index is -0.521. The van der Waals surface area contributed by atoms with Gasteiger partial charge in [0.15, 0.2) is 0 Å². The maximum absolute atomic E-state index is 11.8. The molecule has 7 nitrogen and oxygen atoms in total. The highest BCUT2D eigenvalue weighted by atomic mass is 16.6. The topological polar surface area (TPSA) is 84.7 Å². The van der Waals surface area contributed by atoms with Crippen LogP contribution in [0.4, 0.5) is 10.5 Å². The van der Waals surface area contributed by atoms with Crippen LogP contribution in [0.5, 0.6) is 0 Å². The molecule has 1 aromatic rings. The summed E-state index contributed by atoms with van der Waals surface area (Å²) in [6, 6.07) is 6.76. The number of hydrogen-bond acceptors (Lipinski definition) is 5. The summed E-state index contributed by atoms with van der Waals surface area (Å²) in [6.07, 6.45) is 0.384. The minimum Gasteiger partial charge on any atom is -0.444 e. The van der Waals surface area contributed by atoms with Crippen LogP contribution in [0.25, 0.3) is 0 Å². The second-order valence-electron chi connectivity index (χ2n) is 6.75. The summed E-state index contributed by atoms with van der Waals surface area (Å²) >= 11 is 0. The molecule has 1 amide bonds. The Balaban J connectivity index is 1.89. The molecule has 2 rings (SSSR count). The monoisotopic (exact) mass is 321 g/mol. The van der Waals surface area contributed by atoms with E-state index >= 15 is 0 Å². The fourth-order valence-electron chi connectivity index (χ4n) is 2.63. The first-order valence-electron chi connectivity index (χ1n) is 7.69. The molecule has 1 heterocycles. The Hall–Kier alpha value is -2.15. The zero-order valence-corrected chi connectivity index (χ0v) is 13.7. The van der Waals surface area contributed by atoms with Crippen molar-refractivity contribution in [1.82, 2.24) is 10.2 Å². The van der Waals surface area contributed by atoms with Gasteiger partial charge in [-0.05, 0) is 27.2 Å². The number of nitrogens with one attached hydrogen (secondary N) is 1. The van der Waals surface area contributed by atoms with E-state index in [0.717, 1.165) is 13.0 Å². The number of amides is 1. The van der Waals surface area contributed by atoms with E-state index in [1.54, 1.807) is 18.2 Å². The quantitative estimate of drug-likeness (QED) is 0.681. The summed E-state index contributed by atoms with van der Waals surface area (Å²) in [5.74, 6) is 0. The van der Waals surface area contributed by atoms with E-state index in [0.29, 0.717) is 18.7 Å². The van der Waals surface area contributed by atoms with Crippen LogP contribution >= 0.6 is 0 Å². The minimum absolute atomic E-state index is 0.00705. The van der Waals surface area contributed by atoms with Gasteiger partial charge < -0.3 is 10.1 Å². The van der Waals surface area contributed by atoms with Gasteiger partial charge in [0.1, 0.15) is 5.60 Å². The van der Waals surface area contributed by atoms with Crippen molar-refractivity contribution in [3.05, 3.63) is 39.9 Å². The van der Waals surface area contributed by atoms with E-state index in [9.17, 15) is 14.9 Å². The van der Waals surface area contributed by atoms with Crippen molar-refractivity contribution in [2.75, 3.05) is 13.1 Å². The fourth-order valence-corrected chi connectivity index (χ4v) is 2.63. The van der Waals surface area contributed by atoms with Crippen molar-refractivity contribution in [3.8, 4) is 0 Å². The Morgan fingerprint density at radius 2 is 2.13 bits per heavy atom. The van der Waals surface area contributed by atoms with E-state index in [-0.39, 0.29) is 16.7 Å². The molecule has 0 bridgehead atoms. The van der Waals surface area contributed by atoms with Crippen molar-refractivity contribution < 1.29 is 14.5 Å². The van der Waals surface area contributed by atoms with Crippen molar-refractivity contribution >= 4 is 11.8 Å². The molecule has 0 spiro atoms. The second kappa shape index (κ2) is 6.95. The van der Waals surface area contributed by atoms with Gasteiger partial charge in [-0.25, -0.2) is 4.79 Å². The zero-order valence-electron chi connectivity index (χ0n) is 13.7. The number of likely N-dealkylation sites (tertiary alicyclic amines) is 1. The summed E-state index contributed by atoms with van der Waals surface area (Å²) in [7, 11) is 0. The summed E-state index contributed by atoms with van der Waals surface area (Å²) in [4.78, 5) is 24.6. The number of nitro benzene ring substituents is 1. The third-order valence-corrected chi connectivity index (χ3v) is 3.58. The van der Waals surface area contributed by atoms with Gasteiger partial charge in [0.25, 0.3) is 5.69 Å². The molecule has 0 aliphatic carbocycles. The predicted octanol–water partition coefficient (Wildman–Crippen LogP) is 2.69. The van der Waals surface area contributed by atoms with Crippen molar-refractivity contribution in [2.45, 2.75) is 45.4 Å². The van der Waals surface area contributed by atoms with Crippen LogP contribution in [0.3, 0.4) is 0 Å². The Morgan fingerprint density at radius 3 is 2.78 bits per heavy atom. The standard InChI is InChI=1S/C16H23N3O4/c1-16(2,3)23-15(20)17-13-8-9-18(11-13)10-12-6-4-5-7-14(12)19(21)22/h4-7,13H,8-11H2,1-3H3,(H,17,20). The zero-order chi connectivity index (χ0) is 17.0. The van der Waals surface area contributed by atoms with E-state index in [4.69, 9.17) is 4.74 Å². The predicted molar refractivity (Wildman–Crippen MR) is 86.1 cm³/mol. The molecule has 1 saturated heterocycles. The molecule has 1 fully saturated rings. The first-order valence-corrected chi connectivity index (χ1v) is 7.69. The smallest absolute Gasteiger partial charge is 0.407 e. The lowest BCUT2D eigenvalue weighted by molar-refractivity contribution is -0.385.